The minimum absolute atomic E-state index is 0.00815. The molecule has 0 aliphatic carbocycles. The standard InChI is InChI=1S/C13H10BBrF2N2O2/c15-8-5-10-9(11(16)6-8)7-19(21)13(20,14(10)17)12-3-1-2-4-18-12/h1-6,20-21H,7H2. The predicted molar refractivity (Wildman–Crippen MR) is 76.1 cm³/mol. The zero-order chi connectivity index (χ0) is 15.2. The summed E-state index contributed by atoms with van der Waals surface area (Å²) in [7, 11) is 0. The molecule has 0 amide bonds. The van der Waals surface area contributed by atoms with Gasteiger partial charge in [-0.2, -0.15) is 5.06 Å². The van der Waals surface area contributed by atoms with Gasteiger partial charge in [-0.25, -0.2) is 4.39 Å². The van der Waals surface area contributed by atoms with Crippen LogP contribution in [0.15, 0.2) is 41.0 Å². The lowest BCUT2D eigenvalue weighted by Crippen LogP contribution is -2.63. The lowest BCUT2D eigenvalue weighted by atomic mass is 9.50. The minimum Gasteiger partial charge on any atom is -0.372 e. The Morgan fingerprint density at radius 2 is 2.14 bits per heavy atom. The van der Waals surface area contributed by atoms with Gasteiger partial charge in [0.05, 0.1) is 12.2 Å². The van der Waals surface area contributed by atoms with Gasteiger partial charge in [0.25, 0.3) is 0 Å². The van der Waals surface area contributed by atoms with Crippen molar-refractivity contribution < 1.29 is 19.0 Å². The number of hydrogen-bond acceptors (Lipinski definition) is 4. The summed E-state index contributed by atoms with van der Waals surface area (Å²) >= 11 is 3.10. The molecule has 21 heavy (non-hydrogen) atoms. The van der Waals surface area contributed by atoms with Gasteiger partial charge < -0.3 is 14.6 Å². The zero-order valence-corrected chi connectivity index (χ0v) is 12.3. The molecule has 0 fully saturated rings. The molecular weight excluding hydrogens is 345 g/mol. The van der Waals surface area contributed by atoms with E-state index in [1.54, 1.807) is 12.1 Å². The summed E-state index contributed by atoms with van der Waals surface area (Å²) in [4.78, 5) is 3.90. The molecule has 0 saturated heterocycles. The Morgan fingerprint density at radius 1 is 1.38 bits per heavy atom. The summed E-state index contributed by atoms with van der Waals surface area (Å²) in [6.45, 7) is -2.39. The third kappa shape index (κ3) is 2.19. The van der Waals surface area contributed by atoms with E-state index in [1.165, 1.54) is 24.4 Å². The Morgan fingerprint density at radius 3 is 2.81 bits per heavy atom. The Bertz CT molecular complexity index is 691. The van der Waals surface area contributed by atoms with E-state index in [0.29, 0.717) is 9.54 Å². The third-order valence-electron chi connectivity index (χ3n) is 3.56. The molecule has 1 aliphatic rings. The largest absolute Gasteiger partial charge is 0.439 e. The van der Waals surface area contributed by atoms with Gasteiger partial charge in [-0.3, -0.25) is 4.98 Å². The highest BCUT2D eigenvalue weighted by Gasteiger charge is 2.55. The highest BCUT2D eigenvalue weighted by atomic mass is 79.9. The van der Waals surface area contributed by atoms with E-state index in [0.717, 1.165) is 0 Å². The van der Waals surface area contributed by atoms with Crippen molar-refractivity contribution in [3.05, 3.63) is 58.1 Å². The normalized spacial score (nSPS) is 22.2. The van der Waals surface area contributed by atoms with Crippen molar-refractivity contribution in [2.75, 3.05) is 0 Å². The summed E-state index contributed by atoms with van der Waals surface area (Å²) in [6.07, 6.45) is 1.38. The molecule has 108 valence electrons. The number of halogens is 3. The highest BCUT2D eigenvalue weighted by molar-refractivity contribution is 9.10. The SMILES string of the molecule is ON1Cc2c(F)cc(Br)cc2B(F)C1(O)c1ccccn1. The van der Waals surface area contributed by atoms with Crippen molar-refractivity contribution in [2.24, 2.45) is 0 Å². The number of pyridine rings is 1. The van der Waals surface area contributed by atoms with Crippen molar-refractivity contribution in [3.8, 4) is 0 Å². The van der Waals surface area contributed by atoms with Gasteiger partial charge in [0.2, 0.25) is 0 Å². The lowest BCUT2D eigenvalue weighted by molar-refractivity contribution is -0.243. The fourth-order valence-corrected chi connectivity index (χ4v) is 2.92. The van der Waals surface area contributed by atoms with Crippen molar-refractivity contribution >= 4 is 28.4 Å². The second-order valence-electron chi connectivity index (χ2n) is 4.82. The fraction of sp³-hybridized carbons (Fsp3) is 0.154. The van der Waals surface area contributed by atoms with Crippen molar-refractivity contribution in [1.29, 1.82) is 0 Å². The number of hydroxylamine groups is 2. The van der Waals surface area contributed by atoms with Crippen LogP contribution in [0.2, 0.25) is 0 Å². The summed E-state index contributed by atoms with van der Waals surface area (Å²) in [5.74, 6) is -0.649. The number of aromatic nitrogens is 1. The van der Waals surface area contributed by atoms with Crippen LogP contribution in [-0.2, 0) is 12.2 Å². The monoisotopic (exact) mass is 354 g/mol. The van der Waals surface area contributed by atoms with E-state index in [4.69, 9.17) is 0 Å². The van der Waals surface area contributed by atoms with Crippen LogP contribution in [-0.4, -0.2) is 27.4 Å². The topological polar surface area (TPSA) is 56.6 Å². The minimum atomic E-state index is -2.36. The molecule has 2 aromatic rings. The van der Waals surface area contributed by atoms with Crippen molar-refractivity contribution in [1.82, 2.24) is 10.0 Å². The van der Waals surface area contributed by atoms with Crippen LogP contribution in [0.3, 0.4) is 0 Å². The molecule has 1 atom stereocenters. The lowest BCUT2D eigenvalue weighted by Gasteiger charge is -2.40. The Balaban J connectivity index is 2.18. The molecule has 1 aliphatic heterocycles. The molecule has 1 aromatic carbocycles. The third-order valence-corrected chi connectivity index (χ3v) is 4.02. The van der Waals surface area contributed by atoms with E-state index >= 15 is 0 Å². The molecule has 8 heteroatoms. The van der Waals surface area contributed by atoms with Crippen molar-refractivity contribution in [3.63, 3.8) is 0 Å². The Labute approximate surface area is 128 Å². The molecule has 2 heterocycles. The van der Waals surface area contributed by atoms with Crippen LogP contribution in [0.25, 0.3) is 0 Å². The second kappa shape index (κ2) is 5.13. The molecule has 0 radical (unpaired) electrons. The van der Waals surface area contributed by atoms with E-state index in [9.17, 15) is 19.0 Å². The van der Waals surface area contributed by atoms with Crippen LogP contribution < -0.4 is 5.46 Å². The summed E-state index contributed by atoms with van der Waals surface area (Å²) in [5.41, 5.74) is -2.42. The van der Waals surface area contributed by atoms with E-state index < -0.39 is 18.4 Å². The van der Waals surface area contributed by atoms with E-state index in [-0.39, 0.29) is 23.3 Å². The van der Waals surface area contributed by atoms with Crippen LogP contribution in [0.1, 0.15) is 11.3 Å². The van der Waals surface area contributed by atoms with Gasteiger partial charge in [-0.05, 0) is 29.7 Å². The summed E-state index contributed by atoms with van der Waals surface area (Å²) in [6, 6.07) is 7.15. The Hall–Kier alpha value is -1.35. The zero-order valence-electron chi connectivity index (χ0n) is 10.7. The summed E-state index contributed by atoms with van der Waals surface area (Å²) < 4.78 is 29.1. The molecule has 1 unspecified atom stereocenters. The molecule has 3 rings (SSSR count). The number of fused-ring (bicyclic) bond motifs is 1. The van der Waals surface area contributed by atoms with Gasteiger partial charge in [-0.15, -0.1) is 0 Å². The first-order chi connectivity index (χ1) is 9.94. The maximum Gasteiger partial charge on any atom is 0.439 e. The average molecular weight is 355 g/mol. The molecule has 1 aromatic heterocycles. The maximum atomic E-state index is 14.8. The van der Waals surface area contributed by atoms with Gasteiger partial charge in [-0.1, -0.05) is 22.0 Å². The quantitative estimate of drug-likeness (QED) is 0.766. The average Bonchev–Trinajstić information content (AvgIpc) is 2.47. The van der Waals surface area contributed by atoms with Crippen LogP contribution in [0, 0.1) is 5.82 Å². The van der Waals surface area contributed by atoms with Gasteiger partial charge >= 0.3 is 6.99 Å². The smallest absolute Gasteiger partial charge is 0.372 e. The molecular formula is C13H10BBrF2N2O2. The number of nitrogens with zero attached hydrogens (tertiary/aromatic N) is 2. The fourth-order valence-electron chi connectivity index (χ4n) is 2.48. The van der Waals surface area contributed by atoms with E-state index in [2.05, 4.69) is 20.9 Å². The predicted octanol–water partition coefficient (Wildman–Crippen LogP) is 1.74. The van der Waals surface area contributed by atoms with Gasteiger partial charge in [0.1, 0.15) is 5.82 Å². The number of hydrogen-bond donors (Lipinski definition) is 2. The summed E-state index contributed by atoms with van der Waals surface area (Å²) in [5, 5.41) is 21.0. The molecule has 0 bridgehead atoms. The van der Waals surface area contributed by atoms with Gasteiger partial charge in [0.15, 0.2) is 5.62 Å². The molecule has 0 spiro atoms. The number of benzene rings is 1. The maximum absolute atomic E-state index is 14.8. The van der Waals surface area contributed by atoms with Crippen molar-refractivity contribution in [2.45, 2.75) is 12.2 Å². The van der Waals surface area contributed by atoms with E-state index in [1.807, 2.05) is 0 Å². The number of rotatable bonds is 1. The first kappa shape index (κ1) is 14.6. The van der Waals surface area contributed by atoms with Crippen LogP contribution in [0.5, 0.6) is 0 Å². The van der Waals surface area contributed by atoms with Crippen LogP contribution >= 0.6 is 15.9 Å². The Kier molecular flexibility index (Phi) is 3.57. The first-order valence-electron chi connectivity index (χ1n) is 6.17. The first-order valence-corrected chi connectivity index (χ1v) is 6.96. The molecule has 2 N–H and O–H groups in total. The van der Waals surface area contributed by atoms with Crippen LogP contribution in [0.4, 0.5) is 8.71 Å². The second-order valence-corrected chi connectivity index (χ2v) is 5.73. The highest BCUT2D eigenvalue weighted by Crippen LogP contribution is 2.33. The number of aliphatic hydroxyl groups is 1. The molecule has 4 nitrogen and oxygen atoms in total. The molecule has 0 saturated carbocycles. The van der Waals surface area contributed by atoms with Gasteiger partial charge in [0, 0.05) is 16.2 Å².